The monoisotopic (exact) mass is 381 g/mol. The minimum absolute atomic E-state index is 0.142. The van der Waals surface area contributed by atoms with Crippen LogP contribution in [-0.4, -0.2) is 35.5 Å². The van der Waals surface area contributed by atoms with Crippen LogP contribution in [0, 0.1) is 6.92 Å². The minimum atomic E-state index is -0.559. The number of carbonyl (C=O) groups excluding carboxylic acids is 2. The third-order valence-electron chi connectivity index (χ3n) is 3.91. The Morgan fingerprint density at radius 1 is 1.22 bits per heavy atom. The number of primary amides is 1. The fraction of sp³-hybridized carbons (Fsp3) is 0.150. The van der Waals surface area contributed by atoms with Crippen molar-refractivity contribution in [2.24, 2.45) is 10.7 Å². The highest BCUT2D eigenvalue weighted by atomic mass is 32.2. The largest absolute Gasteiger partial charge is 0.483 e. The second-order valence-corrected chi connectivity index (χ2v) is 6.96. The zero-order chi connectivity index (χ0) is 19.4. The number of aliphatic imine (C=N–C) groups is 1. The van der Waals surface area contributed by atoms with E-state index in [1.807, 2.05) is 43.3 Å². The Morgan fingerprint density at radius 3 is 2.67 bits per heavy atom. The number of likely N-dealkylation sites (N-methyl/N-ethyl adjacent to an activating group) is 1. The number of para-hydroxylation sites is 2. The molecule has 2 aromatic rings. The van der Waals surface area contributed by atoms with E-state index in [9.17, 15) is 9.59 Å². The highest BCUT2D eigenvalue weighted by Crippen LogP contribution is 2.35. The predicted octanol–water partition coefficient (Wildman–Crippen LogP) is 3.09. The summed E-state index contributed by atoms with van der Waals surface area (Å²) >= 11 is 1.30. The van der Waals surface area contributed by atoms with Crippen LogP contribution in [0.2, 0.25) is 0 Å². The molecule has 27 heavy (non-hydrogen) atoms. The molecule has 0 unspecified atom stereocenters. The number of benzene rings is 2. The SMILES string of the molecule is Cc1ccccc1N=C1S/C(=C/c2ccccc2OCC(N)=O)C(=O)N1C. The highest BCUT2D eigenvalue weighted by molar-refractivity contribution is 8.18. The average molecular weight is 381 g/mol. The first kappa shape index (κ1) is 18.7. The summed E-state index contributed by atoms with van der Waals surface area (Å²) in [7, 11) is 1.70. The van der Waals surface area contributed by atoms with Gasteiger partial charge in [0.1, 0.15) is 5.75 Å². The maximum atomic E-state index is 12.6. The topological polar surface area (TPSA) is 85.0 Å². The molecular weight excluding hydrogens is 362 g/mol. The number of hydrogen-bond acceptors (Lipinski definition) is 5. The lowest BCUT2D eigenvalue weighted by atomic mass is 10.2. The van der Waals surface area contributed by atoms with Crippen molar-refractivity contribution in [3.63, 3.8) is 0 Å². The minimum Gasteiger partial charge on any atom is -0.483 e. The van der Waals surface area contributed by atoms with Gasteiger partial charge in [-0.25, -0.2) is 4.99 Å². The molecule has 0 spiro atoms. The smallest absolute Gasteiger partial charge is 0.266 e. The zero-order valence-electron chi connectivity index (χ0n) is 15.0. The second-order valence-electron chi connectivity index (χ2n) is 5.95. The normalized spacial score (nSPS) is 17.0. The Labute approximate surface area is 161 Å². The van der Waals surface area contributed by atoms with Gasteiger partial charge in [-0.3, -0.25) is 14.5 Å². The number of nitrogens with zero attached hydrogens (tertiary/aromatic N) is 2. The van der Waals surface area contributed by atoms with Crippen LogP contribution in [0.15, 0.2) is 58.4 Å². The van der Waals surface area contributed by atoms with Crippen molar-refractivity contribution in [1.82, 2.24) is 4.90 Å². The quantitative estimate of drug-likeness (QED) is 0.807. The number of aryl methyl sites for hydroxylation is 1. The molecule has 0 aliphatic carbocycles. The summed E-state index contributed by atoms with van der Waals surface area (Å²) in [5.41, 5.74) is 7.69. The molecule has 0 saturated carbocycles. The van der Waals surface area contributed by atoms with Crippen molar-refractivity contribution in [2.45, 2.75) is 6.92 Å². The van der Waals surface area contributed by atoms with Gasteiger partial charge < -0.3 is 10.5 Å². The fourth-order valence-corrected chi connectivity index (χ4v) is 3.44. The van der Waals surface area contributed by atoms with Gasteiger partial charge in [-0.15, -0.1) is 0 Å². The van der Waals surface area contributed by atoms with E-state index in [4.69, 9.17) is 10.5 Å². The van der Waals surface area contributed by atoms with Crippen molar-refractivity contribution in [1.29, 1.82) is 0 Å². The molecule has 3 rings (SSSR count). The first-order chi connectivity index (χ1) is 13.0. The summed E-state index contributed by atoms with van der Waals surface area (Å²) in [5, 5.41) is 0.607. The first-order valence-electron chi connectivity index (χ1n) is 8.28. The molecule has 0 atom stereocenters. The molecule has 2 N–H and O–H groups in total. The van der Waals surface area contributed by atoms with E-state index in [0.717, 1.165) is 11.3 Å². The van der Waals surface area contributed by atoms with Gasteiger partial charge in [0.05, 0.1) is 10.6 Å². The molecule has 0 radical (unpaired) electrons. The van der Waals surface area contributed by atoms with Crippen LogP contribution in [0.4, 0.5) is 5.69 Å². The van der Waals surface area contributed by atoms with Gasteiger partial charge in [0, 0.05) is 12.6 Å². The molecule has 1 aliphatic rings. The highest BCUT2D eigenvalue weighted by Gasteiger charge is 2.30. The number of hydrogen-bond donors (Lipinski definition) is 1. The molecule has 0 aromatic heterocycles. The summed E-state index contributed by atoms with van der Waals surface area (Å²) in [4.78, 5) is 30.2. The molecule has 7 heteroatoms. The summed E-state index contributed by atoms with van der Waals surface area (Å²) in [6.07, 6.45) is 1.74. The van der Waals surface area contributed by atoms with Gasteiger partial charge in [0.2, 0.25) is 0 Å². The second kappa shape index (κ2) is 8.09. The summed E-state index contributed by atoms with van der Waals surface area (Å²) in [5.74, 6) is -0.211. The van der Waals surface area contributed by atoms with E-state index in [0.29, 0.717) is 21.4 Å². The van der Waals surface area contributed by atoms with E-state index in [-0.39, 0.29) is 12.5 Å². The third-order valence-corrected chi connectivity index (χ3v) is 4.97. The van der Waals surface area contributed by atoms with Crippen molar-refractivity contribution >= 4 is 40.5 Å². The van der Waals surface area contributed by atoms with E-state index in [2.05, 4.69) is 4.99 Å². The van der Waals surface area contributed by atoms with Crippen LogP contribution in [0.5, 0.6) is 5.75 Å². The maximum Gasteiger partial charge on any atom is 0.266 e. The third kappa shape index (κ3) is 4.38. The number of ether oxygens (including phenoxy) is 1. The van der Waals surface area contributed by atoms with Gasteiger partial charge >= 0.3 is 0 Å². The average Bonchev–Trinajstić information content (AvgIpc) is 2.91. The van der Waals surface area contributed by atoms with E-state index in [1.54, 1.807) is 25.3 Å². The van der Waals surface area contributed by atoms with Gasteiger partial charge in [0.15, 0.2) is 11.8 Å². The molecule has 6 nitrogen and oxygen atoms in total. The molecule has 0 bridgehead atoms. The zero-order valence-corrected chi connectivity index (χ0v) is 15.8. The number of amides is 2. The van der Waals surface area contributed by atoms with Gasteiger partial charge in [-0.05, 0) is 42.5 Å². The van der Waals surface area contributed by atoms with Crippen LogP contribution < -0.4 is 10.5 Å². The molecule has 1 fully saturated rings. The molecule has 1 aliphatic heterocycles. The van der Waals surface area contributed by atoms with Crippen molar-refractivity contribution in [3.05, 3.63) is 64.6 Å². The molecule has 1 saturated heterocycles. The molecular formula is C20H19N3O3S. The van der Waals surface area contributed by atoms with Crippen molar-refractivity contribution in [3.8, 4) is 5.75 Å². The Kier molecular flexibility index (Phi) is 5.61. The van der Waals surface area contributed by atoms with Crippen LogP contribution in [0.3, 0.4) is 0 Å². The Hall–Kier alpha value is -3.06. The molecule has 2 amide bonds. The number of amidine groups is 1. The van der Waals surface area contributed by atoms with Crippen LogP contribution in [0.1, 0.15) is 11.1 Å². The summed E-state index contributed by atoms with van der Waals surface area (Å²) in [6.45, 7) is 1.76. The van der Waals surface area contributed by atoms with Crippen molar-refractivity contribution in [2.75, 3.05) is 13.7 Å². The number of nitrogens with two attached hydrogens (primary N) is 1. The van der Waals surface area contributed by atoms with Crippen molar-refractivity contribution < 1.29 is 14.3 Å². The molecule has 1 heterocycles. The summed E-state index contributed by atoms with van der Waals surface area (Å²) in [6, 6.07) is 14.9. The first-order valence-corrected chi connectivity index (χ1v) is 9.09. The Bertz CT molecular complexity index is 953. The number of thioether (sulfide) groups is 1. The van der Waals surface area contributed by atoms with Crippen LogP contribution in [0.25, 0.3) is 6.08 Å². The fourth-order valence-electron chi connectivity index (χ4n) is 2.46. The van der Waals surface area contributed by atoms with E-state index < -0.39 is 5.91 Å². The Balaban J connectivity index is 1.89. The van der Waals surface area contributed by atoms with Gasteiger partial charge in [-0.2, -0.15) is 0 Å². The summed E-state index contributed by atoms with van der Waals surface area (Å²) < 4.78 is 5.43. The van der Waals surface area contributed by atoms with Crippen LogP contribution in [-0.2, 0) is 9.59 Å². The van der Waals surface area contributed by atoms with E-state index >= 15 is 0 Å². The van der Waals surface area contributed by atoms with Gasteiger partial charge in [-0.1, -0.05) is 36.4 Å². The number of rotatable bonds is 5. The lowest BCUT2D eigenvalue weighted by Gasteiger charge is -2.08. The molecule has 2 aromatic carbocycles. The molecule has 138 valence electrons. The Morgan fingerprint density at radius 2 is 1.93 bits per heavy atom. The maximum absolute atomic E-state index is 12.6. The van der Waals surface area contributed by atoms with E-state index in [1.165, 1.54) is 16.7 Å². The van der Waals surface area contributed by atoms with Gasteiger partial charge in [0.25, 0.3) is 11.8 Å². The number of carbonyl (C=O) groups is 2. The van der Waals surface area contributed by atoms with Crippen LogP contribution >= 0.6 is 11.8 Å². The lowest BCUT2D eigenvalue weighted by Crippen LogP contribution is -2.23. The lowest BCUT2D eigenvalue weighted by molar-refractivity contribution is -0.121. The predicted molar refractivity (Wildman–Crippen MR) is 108 cm³/mol. The standard InChI is InChI=1S/C20H19N3O3S/c1-13-7-3-5-9-15(13)22-20-23(2)19(25)17(27-20)11-14-8-4-6-10-16(14)26-12-18(21)24/h3-11H,12H2,1-2H3,(H2,21,24)/b17-11+,22-20?.